The lowest BCUT2D eigenvalue weighted by molar-refractivity contribution is 0.255. The van der Waals surface area contributed by atoms with E-state index in [-0.39, 0.29) is 0 Å². The lowest BCUT2D eigenvalue weighted by atomic mass is 9.84. The molecule has 1 fully saturated rings. The van der Waals surface area contributed by atoms with E-state index in [0.717, 1.165) is 5.92 Å². The second-order valence-electron chi connectivity index (χ2n) is 3.95. The molecule has 1 N–H and O–H groups in total. The quantitative estimate of drug-likeness (QED) is 0.660. The predicted molar refractivity (Wildman–Crippen MR) is 49.7 cm³/mol. The van der Waals surface area contributed by atoms with Crippen LogP contribution in [0.2, 0.25) is 0 Å². The van der Waals surface area contributed by atoms with E-state index in [1.165, 1.54) is 32.1 Å². The summed E-state index contributed by atoms with van der Waals surface area (Å²) in [4.78, 5) is 0. The second kappa shape index (κ2) is 3.57. The zero-order valence-electron chi connectivity index (χ0n) is 8.11. The molecule has 2 unspecified atom stereocenters. The van der Waals surface area contributed by atoms with Crippen LogP contribution in [-0.2, 0) is 0 Å². The van der Waals surface area contributed by atoms with Crippen molar-refractivity contribution in [1.82, 2.24) is 5.32 Å². The van der Waals surface area contributed by atoms with Crippen molar-refractivity contribution < 1.29 is 0 Å². The van der Waals surface area contributed by atoms with E-state index in [2.05, 4.69) is 26.2 Å². The van der Waals surface area contributed by atoms with Crippen LogP contribution in [0, 0.1) is 5.92 Å². The van der Waals surface area contributed by atoms with Gasteiger partial charge in [0.05, 0.1) is 0 Å². The van der Waals surface area contributed by atoms with E-state index >= 15 is 0 Å². The van der Waals surface area contributed by atoms with E-state index in [9.17, 15) is 0 Å². The van der Waals surface area contributed by atoms with E-state index in [0.29, 0.717) is 5.54 Å². The van der Waals surface area contributed by atoms with Crippen molar-refractivity contribution in [2.75, 3.05) is 7.05 Å². The molecule has 0 spiro atoms. The SMILES string of the molecule is CCCC1(NC)CCCC1C. The summed E-state index contributed by atoms with van der Waals surface area (Å²) in [5.74, 6) is 0.882. The van der Waals surface area contributed by atoms with Gasteiger partial charge in [-0.1, -0.05) is 26.7 Å². The first-order valence-electron chi connectivity index (χ1n) is 4.94. The molecule has 1 nitrogen and oxygen atoms in total. The fourth-order valence-corrected chi connectivity index (χ4v) is 2.56. The van der Waals surface area contributed by atoms with Crippen molar-refractivity contribution in [3.05, 3.63) is 0 Å². The molecular weight excluding hydrogens is 134 g/mol. The van der Waals surface area contributed by atoms with Crippen LogP contribution in [0.25, 0.3) is 0 Å². The molecule has 0 aliphatic heterocycles. The fourth-order valence-electron chi connectivity index (χ4n) is 2.56. The van der Waals surface area contributed by atoms with Gasteiger partial charge in [0, 0.05) is 5.54 Å². The van der Waals surface area contributed by atoms with Crippen LogP contribution < -0.4 is 5.32 Å². The Labute approximate surface area is 70.6 Å². The van der Waals surface area contributed by atoms with Crippen LogP contribution in [0.3, 0.4) is 0 Å². The molecule has 1 saturated carbocycles. The molecule has 66 valence electrons. The summed E-state index contributed by atoms with van der Waals surface area (Å²) < 4.78 is 0. The van der Waals surface area contributed by atoms with Crippen molar-refractivity contribution in [3.8, 4) is 0 Å². The first kappa shape index (κ1) is 9.05. The molecule has 1 aliphatic rings. The van der Waals surface area contributed by atoms with Crippen LogP contribution >= 0.6 is 0 Å². The number of hydrogen-bond donors (Lipinski definition) is 1. The van der Waals surface area contributed by atoms with Crippen LogP contribution in [-0.4, -0.2) is 12.6 Å². The second-order valence-corrected chi connectivity index (χ2v) is 3.95. The summed E-state index contributed by atoms with van der Waals surface area (Å²) in [7, 11) is 2.12. The molecule has 11 heavy (non-hydrogen) atoms. The molecule has 1 aliphatic carbocycles. The summed E-state index contributed by atoms with van der Waals surface area (Å²) in [5.41, 5.74) is 0.495. The maximum absolute atomic E-state index is 3.53. The van der Waals surface area contributed by atoms with Gasteiger partial charge in [0.1, 0.15) is 0 Å². The van der Waals surface area contributed by atoms with Gasteiger partial charge in [-0.15, -0.1) is 0 Å². The molecule has 1 rings (SSSR count). The van der Waals surface area contributed by atoms with Gasteiger partial charge in [-0.2, -0.15) is 0 Å². The zero-order valence-corrected chi connectivity index (χ0v) is 8.11. The largest absolute Gasteiger partial charge is 0.314 e. The normalized spacial score (nSPS) is 37.9. The first-order chi connectivity index (χ1) is 5.25. The van der Waals surface area contributed by atoms with E-state index in [1.54, 1.807) is 0 Å². The molecule has 0 bridgehead atoms. The minimum atomic E-state index is 0.495. The maximum Gasteiger partial charge on any atom is 0.0203 e. The third kappa shape index (κ3) is 1.58. The zero-order chi connectivity index (χ0) is 8.32. The third-order valence-corrected chi connectivity index (χ3v) is 3.40. The highest BCUT2D eigenvalue weighted by atomic mass is 15.0. The molecule has 0 aromatic rings. The van der Waals surface area contributed by atoms with Gasteiger partial charge in [0.15, 0.2) is 0 Å². The fraction of sp³-hybridized carbons (Fsp3) is 1.00. The topological polar surface area (TPSA) is 12.0 Å². The van der Waals surface area contributed by atoms with Crippen molar-refractivity contribution >= 4 is 0 Å². The van der Waals surface area contributed by atoms with Crippen molar-refractivity contribution in [3.63, 3.8) is 0 Å². The Kier molecular flexibility index (Phi) is 2.94. The summed E-state index contributed by atoms with van der Waals surface area (Å²) in [5, 5.41) is 3.53. The minimum Gasteiger partial charge on any atom is -0.314 e. The predicted octanol–water partition coefficient (Wildman–Crippen LogP) is 2.56. The Morgan fingerprint density at radius 3 is 2.64 bits per heavy atom. The minimum absolute atomic E-state index is 0.495. The maximum atomic E-state index is 3.53. The monoisotopic (exact) mass is 155 g/mol. The Bertz CT molecular complexity index is 122. The summed E-state index contributed by atoms with van der Waals surface area (Å²) in [6, 6.07) is 0. The lowest BCUT2D eigenvalue weighted by Crippen LogP contribution is -2.44. The van der Waals surface area contributed by atoms with Crippen LogP contribution in [0.15, 0.2) is 0 Å². The van der Waals surface area contributed by atoms with Crippen LogP contribution in [0.4, 0.5) is 0 Å². The molecular formula is C10H21N. The molecule has 0 aromatic carbocycles. The lowest BCUT2D eigenvalue weighted by Gasteiger charge is -2.33. The Hall–Kier alpha value is -0.0400. The van der Waals surface area contributed by atoms with Crippen molar-refractivity contribution in [2.24, 2.45) is 5.92 Å². The first-order valence-corrected chi connectivity index (χ1v) is 4.94. The van der Waals surface area contributed by atoms with E-state index in [1.807, 2.05) is 0 Å². The molecule has 0 radical (unpaired) electrons. The molecule has 0 amide bonds. The van der Waals surface area contributed by atoms with Gasteiger partial charge >= 0.3 is 0 Å². The standard InChI is InChI=1S/C10H21N/c1-4-7-10(11-3)8-5-6-9(10)2/h9,11H,4-8H2,1-3H3. The van der Waals surface area contributed by atoms with Gasteiger partial charge in [-0.05, 0) is 32.2 Å². The molecule has 0 aromatic heterocycles. The summed E-state index contributed by atoms with van der Waals surface area (Å²) in [6.45, 7) is 4.67. The Morgan fingerprint density at radius 2 is 2.27 bits per heavy atom. The molecule has 1 heteroatoms. The van der Waals surface area contributed by atoms with Crippen LogP contribution in [0.5, 0.6) is 0 Å². The van der Waals surface area contributed by atoms with Crippen molar-refractivity contribution in [1.29, 1.82) is 0 Å². The van der Waals surface area contributed by atoms with E-state index in [4.69, 9.17) is 0 Å². The van der Waals surface area contributed by atoms with Gasteiger partial charge in [0.25, 0.3) is 0 Å². The number of nitrogens with one attached hydrogen (secondary N) is 1. The molecule has 2 atom stereocenters. The highest BCUT2D eigenvalue weighted by molar-refractivity contribution is 4.95. The summed E-state index contributed by atoms with van der Waals surface area (Å²) >= 11 is 0. The van der Waals surface area contributed by atoms with Crippen LogP contribution in [0.1, 0.15) is 46.0 Å². The average molecular weight is 155 g/mol. The van der Waals surface area contributed by atoms with Gasteiger partial charge < -0.3 is 5.32 Å². The van der Waals surface area contributed by atoms with Crippen molar-refractivity contribution in [2.45, 2.75) is 51.5 Å². The highest BCUT2D eigenvalue weighted by Crippen LogP contribution is 2.38. The van der Waals surface area contributed by atoms with E-state index < -0.39 is 0 Å². The molecule has 0 heterocycles. The average Bonchev–Trinajstić information content (AvgIpc) is 2.35. The van der Waals surface area contributed by atoms with Gasteiger partial charge in [-0.3, -0.25) is 0 Å². The summed E-state index contributed by atoms with van der Waals surface area (Å²) in [6.07, 6.45) is 6.89. The van der Waals surface area contributed by atoms with Gasteiger partial charge in [0.2, 0.25) is 0 Å². The molecule has 0 saturated heterocycles. The van der Waals surface area contributed by atoms with Gasteiger partial charge in [-0.25, -0.2) is 0 Å². The Balaban J connectivity index is 2.57. The highest BCUT2D eigenvalue weighted by Gasteiger charge is 2.37. The number of hydrogen-bond acceptors (Lipinski definition) is 1. The third-order valence-electron chi connectivity index (χ3n) is 3.40. The Morgan fingerprint density at radius 1 is 1.55 bits per heavy atom. The smallest absolute Gasteiger partial charge is 0.0203 e. The number of rotatable bonds is 3.